The van der Waals surface area contributed by atoms with Crippen molar-refractivity contribution in [2.45, 2.75) is 37.5 Å². The molecule has 0 aromatic carbocycles. The molecule has 0 aliphatic carbocycles. The Bertz CT molecular complexity index is 2420. The van der Waals surface area contributed by atoms with Crippen LogP contribution in [0.3, 0.4) is 0 Å². The zero-order chi connectivity index (χ0) is 39.6. The standard InChI is InChI=1S/C20H26N6O3S.C19H24N6O/c1-24-13-23-16-11-22-20(10-17(16)24)25(2)18-12-21-15(9-19(18)29-3)14-5-7-26(8-6-14)30(4,27)28;1-24-12-23-15-10-22-19(9-16(15)24)25(2)17-11-21-14(8-18(17)26-3)13-4-6-20-7-5-13/h9-14H,5-8H2,1-4H3;8-13,20H,4-7H2,1-3H3. The summed E-state index contributed by atoms with van der Waals surface area (Å²) in [6.45, 7) is 3.13. The van der Waals surface area contributed by atoms with Gasteiger partial charge in [-0.05, 0) is 38.8 Å². The average molecular weight is 783 g/mol. The molecule has 0 atom stereocenters. The number of pyridine rings is 4. The summed E-state index contributed by atoms with van der Waals surface area (Å²) in [5, 5.41) is 3.40. The van der Waals surface area contributed by atoms with Crippen LogP contribution in [0.25, 0.3) is 22.1 Å². The quantitative estimate of drug-likeness (QED) is 0.211. The highest BCUT2D eigenvalue weighted by Gasteiger charge is 2.28. The van der Waals surface area contributed by atoms with Gasteiger partial charge in [-0.3, -0.25) is 9.97 Å². The lowest BCUT2D eigenvalue weighted by molar-refractivity contribution is 0.318. The maximum absolute atomic E-state index is 11.7. The van der Waals surface area contributed by atoms with Gasteiger partial charge in [0.2, 0.25) is 10.0 Å². The van der Waals surface area contributed by atoms with Crippen molar-refractivity contribution in [3.63, 3.8) is 0 Å². The first-order chi connectivity index (χ1) is 26.9. The molecule has 1 N–H and O–H groups in total. The molecule has 0 saturated carbocycles. The summed E-state index contributed by atoms with van der Waals surface area (Å²) in [5.41, 5.74) is 7.51. The van der Waals surface area contributed by atoms with E-state index < -0.39 is 10.0 Å². The predicted octanol–water partition coefficient (Wildman–Crippen LogP) is 4.89. The molecule has 296 valence electrons. The summed E-state index contributed by atoms with van der Waals surface area (Å²) >= 11 is 0. The minimum absolute atomic E-state index is 0.208. The van der Waals surface area contributed by atoms with Crippen molar-refractivity contribution < 1.29 is 17.9 Å². The van der Waals surface area contributed by atoms with E-state index in [-0.39, 0.29) is 5.92 Å². The molecule has 8 rings (SSSR count). The Hall–Kier alpha value is -5.39. The van der Waals surface area contributed by atoms with Crippen molar-refractivity contribution in [1.29, 1.82) is 0 Å². The average Bonchev–Trinajstić information content (AvgIpc) is 3.80. The molecule has 6 aromatic rings. The molecule has 8 heterocycles. The van der Waals surface area contributed by atoms with Crippen molar-refractivity contribution in [2.75, 3.05) is 70.5 Å². The Labute approximate surface area is 327 Å². The minimum atomic E-state index is -3.14. The predicted molar refractivity (Wildman–Crippen MR) is 218 cm³/mol. The molecule has 16 nitrogen and oxygen atoms in total. The summed E-state index contributed by atoms with van der Waals surface area (Å²) in [6, 6.07) is 8.04. The molecule has 2 aliphatic heterocycles. The highest BCUT2D eigenvalue weighted by atomic mass is 32.2. The van der Waals surface area contributed by atoms with Crippen LogP contribution >= 0.6 is 0 Å². The molecule has 2 fully saturated rings. The van der Waals surface area contributed by atoms with Gasteiger partial charge in [-0.1, -0.05) is 0 Å². The monoisotopic (exact) mass is 782 g/mol. The number of sulfonamides is 1. The fourth-order valence-corrected chi connectivity index (χ4v) is 8.30. The van der Waals surface area contributed by atoms with Gasteiger partial charge >= 0.3 is 0 Å². The number of methoxy groups -OCH3 is 2. The first kappa shape index (κ1) is 38.9. The largest absolute Gasteiger partial charge is 0.494 e. The molecule has 0 spiro atoms. The fourth-order valence-electron chi connectivity index (χ4n) is 7.42. The molecule has 2 aliphatic rings. The summed E-state index contributed by atoms with van der Waals surface area (Å²) in [6.07, 6.45) is 15.8. The summed E-state index contributed by atoms with van der Waals surface area (Å²) in [7, 11) is 8.04. The first-order valence-corrected chi connectivity index (χ1v) is 20.5. The Kier molecular flexibility index (Phi) is 11.4. The van der Waals surface area contributed by atoms with Crippen molar-refractivity contribution in [2.24, 2.45) is 14.1 Å². The molecule has 0 radical (unpaired) electrons. The van der Waals surface area contributed by atoms with Crippen LogP contribution < -0.4 is 24.6 Å². The molecule has 0 bridgehead atoms. The van der Waals surface area contributed by atoms with Crippen molar-refractivity contribution >= 4 is 55.1 Å². The third-order valence-corrected chi connectivity index (χ3v) is 12.2. The van der Waals surface area contributed by atoms with E-state index in [0.29, 0.717) is 24.8 Å². The van der Waals surface area contributed by atoms with Gasteiger partial charge in [-0.15, -0.1) is 0 Å². The van der Waals surface area contributed by atoms with Crippen LogP contribution in [0.15, 0.2) is 61.7 Å². The molecule has 2 saturated heterocycles. The highest BCUT2D eigenvalue weighted by molar-refractivity contribution is 7.88. The van der Waals surface area contributed by atoms with Gasteiger partial charge < -0.3 is 33.7 Å². The zero-order valence-corrected chi connectivity index (χ0v) is 33.9. The molecule has 56 heavy (non-hydrogen) atoms. The van der Waals surface area contributed by atoms with Gasteiger partial charge in [0, 0.05) is 88.8 Å². The number of fused-ring (bicyclic) bond motifs is 2. The van der Waals surface area contributed by atoms with Crippen LogP contribution in [0.4, 0.5) is 23.0 Å². The minimum Gasteiger partial charge on any atom is -0.494 e. The van der Waals surface area contributed by atoms with Crippen LogP contribution in [0.2, 0.25) is 0 Å². The third kappa shape index (κ3) is 8.10. The maximum atomic E-state index is 11.7. The fraction of sp³-hybridized carbons (Fsp3) is 0.436. The molecule has 6 aromatic heterocycles. The normalized spacial score (nSPS) is 15.8. The Morgan fingerprint density at radius 2 is 1.11 bits per heavy atom. The molecule has 0 amide bonds. The number of nitrogens with one attached hydrogen (secondary N) is 1. The summed E-state index contributed by atoms with van der Waals surface area (Å²) < 4.78 is 40.3. The molecular weight excluding hydrogens is 733 g/mol. The van der Waals surface area contributed by atoms with Gasteiger partial charge in [-0.25, -0.2) is 32.7 Å². The van der Waals surface area contributed by atoms with Crippen molar-refractivity contribution in [3.05, 3.63) is 73.1 Å². The van der Waals surface area contributed by atoms with Crippen LogP contribution in [-0.2, 0) is 24.1 Å². The van der Waals surface area contributed by atoms with E-state index in [1.54, 1.807) is 45.5 Å². The van der Waals surface area contributed by atoms with E-state index in [4.69, 9.17) is 14.5 Å². The lowest BCUT2D eigenvalue weighted by Gasteiger charge is -2.30. The van der Waals surface area contributed by atoms with Crippen LogP contribution in [-0.4, -0.2) is 113 Å². The lowest BCUT2D eigenvalue weighted by atomic mass is 9.94. The van der Waals surface area contributed by atoms with E-state index in [9.17, 15) is 8.42 Å². The Balaban J connectivity index is 0.000000173. The van der Waals surface area contributed by atoms with Crippen molar-refractivity contribution in [1.82, 2.24) is 48.7 Å². The second kappa shape index (κ2) is 16.4. The van der Waals surface area contributed by atoms with Crippen LogP contribution in [0.1, 0.15) is 48.9 Å². The summed E-state index contributed by atoms with van der Waals surface area (Å²) in [4.78, 5) is 31.1. The number of hydrogen-bond donors (Lipinski definition) is 1. The van der Waals surface area contributed by atoms with Gasteiger partial charge in [0.1, 0.15) is 45.5 Å². The van der Waals surface area contributed by atoms with Gasteiger partial charge in [-0.2, -0.15) is 0 Å². The Morgan fingerprint density at radius 1 is 0.661 bits per heavy atom. The van der Waals surface area contributed by atoms with E-state index in [1.165, 1.54) is 10.6 Å². The second-order valence-electron chi connectivity index (χ2n) is 14.4. The summed E-state index contributed by atoms with van der Waals surface area (Å²) in [5.74, 6) is 3.83. The van der Waals surface area contributed by atoms with E-state index in [0.717, 1.165) is 101 Å². The van der Waals surface area contributed by atoms with Gasteiger partial charge in [0.05, 0.1) is 69.0 Å². The van der Waals surface area contributed by atoms with Crippen LogP contribution in [0, 0.1) is 0 Å². The van der Waals surface area contributed by atoms with E-state index >= 15 is 0 Å². The third-order valence-electron chi connectivity index (χ3n) is 10.9. The van der Waals surface area contributed by atoms with Crippen molar-refractivity contribution in [3.8, 4) is 11.5 Å². The maximum Gasteiger partial charge on any atom is 0.211 e. The molecule has 17 heteroatoms. The highest BCUT2D eigenvalue weighted by Crippen LogP contribution is 2.37. The van der Waals surface area contributed by atoms with E-state index in [1.807, 2.05) is 71.5 Å². The topological polar surface area (TPSA) is 162 Å². The number of anilines is 4. The van der Waals surface area contributed by atoms with Gasteiger partial charge in [0.15, 0.2) is 0 Å². The first-order valence-electron chi connectivity index (χ1n) is 18.7. The SMILES string of the molecule is COc1cc(C2CCN(S(C)(=O)=O)CC2)ncc1N(C)c1cc2c(cn1)ncn2C.COc1cc(C2CCNCC2)ncc1N(C)c1cc2c(cn1)ncn2C. The number of ether oxygens (including phenoxy) is 2. The lowest BCUT2D eigenvalue weighted by Crippen LogP contribution is -2.37. The number of aryl methyl sites for hydroxylation is 2. The van der Waals surface area contributed by atoms with Crippen LogP contribution in [0.5, 0.6) is 11.5 Å². The van der Waals surface area contributed by atoms with Gasteiger partial charge in [0.25, 0.3) is 0 Å². The number of aromatic nitrogens is 8. The van der Waals surface area contributed by atoms with E-state index in [2.05, 4.69) is 36.3 Å². The number of hydrogen-bond acceptors (Lipinski definition) is 13. The smallest absolute Gasteiger partial charge is 0.211 e. The molecular formula is C39H50N12O4S. The number of imidazole rings is 2. The molecule has 0 unspecified atom stereocenters. The number of nitrogens with zero attached hydrogens (tertiary/aromatic N) is 11. The number of rotatable bonds is 9. The number of piperidine rings is 2. The second-order valence-corrected chi connectivity index (χ2v) is 16.4. The Morgan fingerprint density at radius 3 is 1.54 bits per heavy atom. The zero-order valence-electron chi connectivity index (χ0n) is 33.0.